The Morgan fingerprint density at radius 3 is 2.73 bits per heavy atom. The maximum atomic E-state index is 9.65. The van der Waals surface area contributed by atoms with Crippen molar-refractivity contribution >= 4 is 0 Å². The van der Waals surface area contributed by atoms with E-state index < -0.39 is 0 Å². The van der Waals surface area contributed by atoms with Gasteiger partial charge in [-0.05, 0) is 19.1 Å². The first-order valence-corrected chi connectivity index (χ1v) is 4.63. The molecule has 0 fully saturated rings. The van der Waals surface area contributed by atoms with Crippen LogP contribution in [0, 0.1) is 6.92 Å². The van der Waals surface area contributed by atoms with Crippen molar-refractivity contribution in [2.45, 2.75) is 13.5 Å². The highest BCUT2D eigenvalue weighted by molar-refractivity contribution is 5.45. The van der Waals surface area contributed by atoms with E-state index in [1.165, 1.54) is 0 Å². The molecule has 3 N–H and O–H groups in total. The van der Waals surface area contributed by atoms with Crippen LogP contribution in [0.15, 0.2) is 24.3 Å². The third-order valence-electron chi connectivity index (χ3n) is 2.11. The number of phenolic OH excluding ortho intramolecular Hbond substituents is 1. The zero-order chi connectivity index (χ0) is 10.8. The van der Waals surface area contributed by atoms with Crippen LogP contribution in [-0.2, 0) is 6.54 Å². The maximum Gasteiger partial charge on any atom is 0.164 e. The van der Waals surface area contributed by atoms with Crippen molar-refractivity contribution in [3.05, 3.63) is 35.9 Å². The van der Waals surface area contributed by atoms with Crippen LogP contribution < -0.4 is 5.73 Å². The Hall–Kier alpha value is -1.88. The number of aryl methyl sites for hydroxylation is 1. The molecule has 0 unspecified atom stereocenters. The van der Waals surface area contributed by atoms with Crippen LogP contribution in [0.25, 0.3) is 5.69 Å². The molecule has 1 heterocycles. The second kappa shape index (κ2) is 3.70. The van der Waals surface area contributed by atoms with Gasteiger partial charge in [-0.25, -0.2) is 9.67 Å². The van der Waals surface area contributed by atoms with E-state index in [4.69, 9.17) is 5.73 Å². The Labute approximate surface area is 87.2 Å². The Morgan fingerprint density at radius 2 is 2.13 bits per heavy atom. The summed E-state index contributed by atoms with van der Waals surface area (Å²) < 4.78 is 1.58. The summed E-state index contributed by atoms with van der Waals surface area (Å²) in [5.41, 5.74) is 6.06. The number of aromatic hydroxyl groups is 1. The summed E-state index contributed by atoms with van der Waals surface area (Å²) in [4.78, 5) is 4.16. The largest absolute Gasteiger partial charge is 0.506 e. The molecule has 0 atom stereocenters. The SMILES string of the molecule is Cc1nc(CN)nn1-c1ccccc1O. The van der Waals surface area contributed by atoms with Gasteiger partial charge < -0.3 is 10.8 Å². The summed E-state index contributed by atoms with van der Waals surface area (Å²) in [6.07, 6.45) is 0. The number of nitrogens with zero attached hydrogens (tertiary/aromatic N) is 3. The van der Waals surface area contributed by atoms with E-state index in [2.05, 4.69) is 10.1 Å². The lowest BCUT2D eigenvalue weighted by atomic mass is 10.3. The van der Waals surface area contributed by atoms with E-state index >= 15 is 0 Å². The normalized spacial score (nSPS) is 10.5. The first-order chi connectivity index (χ1) is 7.22. The van der Waals surface area contributed by atoms with Gasteiger partial charge in [0, 0.05) is 0 Å². The third kappa shape index (κ3) is 1.69. The fourth-order valence-corrected chi connectivity index (χ4v) is 1.40. The number of para-hydroxylation sites is 2. The van der Waals surface area contributed by atoms with Crippen LogP contribution in [0.2, 0.25) is 0 Å². The monoisotopic (exact) mass is 204 g/mol. The van der Waals surface area contributed by atoms with Gasteiger partial charge in [0.15, 0.2) is 5.82 Å². The van der Waals surface area contributed by atoms with Crippen LogP contribution in [0.4, 0.5) is 0 Å². The topological polar surface area (TPSA) is 77.0 Å². The van der Waals surface area contributed by atoms with Crippen LogP contribution in [-0.4, -0.2) is 19.9 Å². The van der Waals surface area contributed by atoms with Crippen LogP contribution in [0.5, 0.6) is 5.75 Å². The lowest BCUT2D eigenvalue weighted by molar-refractivity contribution is 0.469. The first-order valence-electron chi connectivity index (χ1n) is 4.63. The Morgan fingerprint density at radius 1 is 1.40 bits per heavy atom. The summed E-state index contributed by atoms with van der Waals surface area (Å²) in [5, 5.41) is 13.8. The van der Waals surface area contributed by atoms with Gasteiger partial charge in [0.1, 0.15) is 17.3 Å². The molecule has 0 radical (unpaired) electrons. The van der Waals surface area contributed by atoms with Crippen molar-refractivity contribution < 1.29 is 5.11 Å². The molecular formula is C10H12N4O. The summed E-state index contributed by atoms with van der Waals surface area (Å²) in [5.74, 6) is 1.45. The van der Waals surface area contributed by atoms with Crippen molar-refractivity contribution in [3.63, 3.8) is 0 Å². The van der Waals surface area contributed by atoms with Crippen molar-refractivity contribution in [1.29, 1.82) is 0 Å². The minimum absolute atomic E-state index is 0.175. The van der Waals surface area contributed by atoms with Gasteiger partial charge in [-0.15, -0.1) is 5.10 Å². The molecule has 0 amide bonds. The minimum Gasteiger partial charge on any atom is -0.506 e. The van der Waals surface area contributed by atoms with Gasteiger partial charge in [0.25, 0.3) is 0 Å². The molecule has 0 bridgehead atoms. The Bertz CT molecular complexity index is 478. The summed E-state index contributed by atoms with van der Waals surface area (Å²) in [6, 6.07) is 6.98. The molecule has 5 heteroatoms. The molecule has 2 aromatic rings. The maximum absolute atomic E-state index is 9.65. The van der Waals surface area contributed by atoms with E-state index in [0.29, 0.717) is 23.9 Å². The number of hydrogen-bond donors (Lipinski definition) is 2. The highest BCUT2D eigenvalue weighted by Gasteiger charge is 2.09. The molecule has 0 aliphatic rings. The molecule has 1 aromatic heterocycles. The number of phenols is 1. The van der Waals surface area contributed by atoms with Crippen LogP contribution >= 0.6 is 0 Å². The molecule has 1 aromatic carbocycles. The van der Waals surface area contributed by atoms with E-state index in [0.717, 1.165) is 0 Å². The predicted octanol–water partition coefficient (Wildman–Crippen LogP) is 0.740. The molecular weight excluding hydrogens is 192 g/mol. The number of hydrogen-bond acceptors (Lipinski definition) is 4. The van der Waals surface area contributed by atoms with Gasteiger partial charge in [-0.2, -0.15) is 0 Å². The highest BCUT2D eigenvalue weighted by Crippen LogP contribution is 2.20. The second-order valence-corrected chi connectivity index (χ2v) is 3.18. The molecule has 2 rings (SSSR count). The molecule has 0 spiro atoms. The molecule has 15 heavy (non-hydrogen) atoms. The molecule has 78 valence electrons. The summed E-state index contributed by atoms with van der Waals surface area (Å²) in [6.45, 7) is 2.11. The molecule has 5 nitrogen and oxygen atoms in total. The fraction of sp³-hybridized carbons (Fsp3) is 0.200. The van der Waals surface area contributed by atoms with Gasteiger partial charge >= 0.3 is 0 Å². The van der Waals surface area contributed by atoms with Crippen molar-refractivity contribution in [1.82, 2.24) is 14.8 Å². The molecule has 0 saturated carbocycles. The number of rotatable bonds is 2. The van der Waals surface area contributed by atoms with E-state index in [-0.39, 0.29) is 5.75 Å². The van der Waals surface area contributed by atoms with Crippen LogP contribution in [0.3, 0.4) is 0 Å². The third-order valence-corrected chi connectivity index (χ3v) is 2.11. The van der Waals surface area contributed by atoms with Crippen molar-refractivity contribution in [2.24, 2.45) is 5.73 Å². The standard InChI is InChI=1S/C10H12N4O/c1-7-12-10(6-11)13-14(7)8-4-2-3-5-9(8)15/h2-5,15H,6,11H2,1H3. The second-order valence-electron chi connectivity index (χ2n) is 3.18. The zero-order valence-corrected chi connectivity index (χ0v) is 8.38. The van der Waals surface area contributed by atoms with Gasteiger partial charge in [-0.1, -0.05) is 12.1 Å². The van der Waals surface area contributed by atoms with Gasteiger partial charge in [0.05, 0.1) is 6.54 Å². The minimum atomic E-state index is 0.175. The van der Waals surface area contributed by atoms with Gasteiger partial charge in [-0.3, -0.25) is 0 Å². The first kappa shape index (κ1) is 9.67. The quantitative estimate of drug-likeness (QED) is 0.756. The fourth-order valence-electron chi connectivity index (χ4n) is 1.40. The lowest BCUT2D eigenvalue weighted by Gasteiger charge is -2.04. The molecule has 0 saturated heterocycles. The number of nitrogens with two attached hydrogens (primary N) is 1. The average molecular weight is 204 g/mol. The van der Waals surface area contributed by atoms with E-state index in [1.54, 1.807) is 22.9 Å². The van der Waals surface area contributed by atoms with Crippen molar-refractivity contribution in [2.75, 3.05) is 0 Å². The predicted molar refractivity (Wildman–Crippen MR) is 55.7 cm³/mol. The number of benzene rings is 1. The Balaban J connectivity index is 2.54. The van der Waals surface area contributed by atoms with E-state index in [1.807, 2.05) is 13.0 Å². The lowest BCUT2D eigenvalue weighted by Crippen LogP contribution is -2.01. The zero-order valence-electron chi connectivity index (χ0n) is 8.38. The summed E-state index contributed by atoms with van der Waals surface area (Å²) >= 11 is 0. The molecule has 0 aliphatic heterocycles. The summed E-state index contributed by atoms with van der Waals surface area (Å²) in [7, 11) is 0. The average Bonchev–Trinajstić information content (AvgIpc) is 2.60. The van der Waals surface area contributed by atoms with E-state index in [9.17, 15) is 5.11 Å². The van der Waals surface area contributed by atoms with Crippen molar-refractivity contribution in [3.8, 4) is 11.4 Å². The molecule has 0 aliphatic carbocycles. The van der Waals surface area contributed by atoms with Crippen LogP contribution in [0.1, 0.15) is 11.6 Å². The Kier molecular flexibility index (Phi) is 2.39. The number of aromatic nitrogens is 3. The van der Waals surface area contributed by atoms with Gasteiger partial charge in [0.2, 0.25) is 0 Å². The smallest absolute Gasteiger partial charge is 0.164 e. The highest BCUT2D eigenvalue weighted by atomic mass is 16.3.